The molecule has 2 rings (SSSR count). The van der Waals surface area contributed by atoms with Crippen LogP contribution in [0.5, 0.6) is 0 Å². The van der Waals surface area contributed by atoms with Crippen LogP contribution in [0.1, 0.15) is 52.4 Å². The van der Waals surface area contributed by atoms with Crippen LogP contribution in [0.25, 0.3) is 0 Å². The quantitative estimate of drug-likeness (QED) is 0.744. The van der Waals surface area contributed by atoms with Crippen LogP contribution in [0.15, 0.2) is 0 Å². The zero-order valence-corrected chi connectivity index (χ0v) is 16.6. The van der Waals surface area contributed by atoms with Gasteiger partial charge in [0.05, 0.1) is 0 Å². The molecule has 0 aromatic rings. The molecule has 2 N–H and O–H groups in total. The molecule has 0 spiro atoms. The zero-order valence-electron chi connectivity index (χ0n) is 14.9. The van der Waals surface area contributed by atoms with Crippen molar-refractivity contribution in [2.75, 3.05) is 31.1 Å². The van der Waals surface area contributed by atoms with Gasteiger partial charge in [-0.05, 0) is 26.7 Å². The van der Waals surface area contributed by atoms with E-state index >= 15 is 0 Å². The molecule has 2 amide bonds. The highest BCUT2D eigenvalue weighted by molar-refractivity contribution is 7.99. The van der Waals surface area contributed by atoms with Crippen molar-refractivity contribution in [3.8, 4) is 0 Å². The van der Waals surface area contributed by atoms with Crippen molar-refractivity contribution in [3.05, 3.63) is 0 Å². The summed E-state index contributed by atoms with van der Waals surface area (Å²) in [4.78, 5) is 27.4. The number of halogens is 1. The number of thioether (sulfide) groups is 1. The van der Waals surface area contributed by atoms with Crippen LogP contribution < -0.4 is 10.6 Å². The fourth-order valence-corrected chi connectivity index (χ4v) is 4.60. The van der Waals surface area contributed by atoms with E-state index in [0.29, 0.717) is 19.5 Å². The number of carbonyl (C=O) groups is 2. The molecule has 1 aliphatic heterocycles. The van der Waals surface area contributed by atoms with E-state index in [-0.39, 0.29) is 30.3 Å². The van der Waals surface area contributed by atoms with Crippen LogP contribution in [0.2, 0.25) is 0 Å². The molecule has 5 nitrogen and oxygen atoms in total. The van der Waals surface area contributed by atoms with E-state index in [9.17, 15) is 9.59 Å². The standard InChI is InChI=1S/C17H31N3O2S.ClH/c1-3-20(4-2)16(22)17(8-6-5-7-9-17)19-15(21)12-14-13-23-11-10-18-14;/h14,18H,3-13H2,1-2H3,(H,19,21);1H. The minimum Gasteiger partial charge on any atom is -0.342 e. The fraction of sp³-hybridized carbons (Fsp3) is 0.882. The second-order valence-electron chi connectivity index (χ2n) is 6.60. The topological polar surface area (TPSA) is 61.4 Å². The average molecular weight is 378 g/mol. The SMILES string of the molecule is CCN(CC)C(=O)C1(NC(=O)CC2CSCCN2)CCCCC1.Cl. The number of nitrogens with zero attached hydrogens (tertiary/aromatic N) is 1. The van der Waals surface area contributed by atoms with Gasteiger partial charge in [-0.2, -0.15) is 11.8 Å². The van der Waals surface area contributed by atoms with Crippen molar-refractivity contribution < 1.29 is 9.59 Å². The Morgan fingerprint density at radius 3 is 2.42 bits per heavy atom. The lowest BCUT2D eigenvalue weighted by molar-refractivity contribution is -0.143. The number of amides is 2. The van der Waals surface area contributed by atoms with E-state index in [4.69, 9.17) is 0 Å². The molecule has 1 heterocycles. The summed E-state index contributed by atoms with van der Waals surface area (Å²) in [6, 6.07) is 0.234. The molecule has 140 valence electrons. The van der Waals surface area contributed by atoms with Crippen molar-refractivity contribution >= 4 is 36.0 Å². The lowest BCUT2D eigenvalue weighted by Crippen LogP contribution is -2.61. The second kappa shape index (κ2) is 10.5. The van der Waals surface area contributed by atoms with Crippen LogP contribution in [0.3, 0.4) is 0 Å². The van der Waals surface area contributed by atoms with Crippen LogP contribution in [-0.4, -0.2) is 59.4 Å². The summed E-state index contributed by atoms with van der Waals surface area (Å²) in [7, 11) is 0. The lowest BCUT2D eigenvalue weighted by Gasteiger charge is -2.40. The van der Waals surface area contributed by atoms with Crippen molar-refractivity contribution in [2.45, 2.75) is 64.0 Å². The highest BCUT2D eigenvalue weighted by Crippen LogP contribution is 2.30. The molecular formula is C17H32ClN3O2S. The van der Waals surface area contributed by atoms with E-state index in [2.05, 4.69) is 10.6 Å². The highest BCUT2D eigenvalue weighted by atomic mass is 35.5. The smallest absolute Gasteiger partial charge is 0.248 e. The first-order valence-electron chi connectivity index (χ1n) is 9.03. The Morgan fingerprint density at radius 1 is 1.21 bits per heavy atom. The molecule has 0 aromatic heterocycles. The zero-order chi connectivity index (χ0) is 16.7. The first kappa shape index (κ1) is 21.6. The predicted molar refractivity (Wildman–Crippen MR) is 103 cm³/mol. The monoisotopic (exact) mass is 377 g/mol. The molecule has 24 heavy (non-hydrogen) atoms. The molecule has 0 aromatic carbocycles. The Labute approximate surface area is 156 Å². The van der Waals surface area contributed by atoms with Gasteiger partial charge >= 0.3 is 0 Å². The Morgan fingerprint density at radius 2 is 1.88 bits per heavy atom. The van der Waals surface area contributed by atoms with Crippen LogP contribution in [-0.2, 0) is 9.59 Å². The average Bonchev–Trinajstić information content (AvgIpc) is 2.57. The van der Waals surface area contributed by atoms with Gasteiger partial charge in [-0.1, -0.05) is 19.3 Å². The summed E-state index contributed by atoms with van der Waals surface area (Å²) in [5.74, 6) is 2.22. The first-order valence-corrected chi connectivity index (χ1v) is 10.2. The molecular weight excluding hydrogens is 346 g/mol. The molecule has 1 saturated heterocycles. The van der Waals surface area contributed by atoms with Gasteiger partial charge in [0.1, 0.15) is 5.54 Å². The van der Waals surface area contributed by atoms with E-state index in [1.807, 2.05) is 30.5 Å². The summed E-state index contributed by atoms with van der Waals surface area (Å²) in [6.45, 7) is 6.37. The van der Waals surface area contributed by atoms with Gasteiger partial charge in [0.15, 0.2) is 0 Å². The molecule has 1 aliphatic carbocycles. The van der Waals surface area contributed by atoms with Gasteiger partial charge in [-0.15, -0.1) is 12.4 Å². The third kappa shape index (κ3) is 5.53. The fourth-order valence-electron chi connectivity index (χ4n) is 3.65. The van der Waals surface area contributed by atoms with Crippen molar-refractivity contribution in [3.63, 3.8) is 0 Å². The molecule has 1 unspecified atom stereocenters. The molecule has 1 atom stereocenters. The van der Waals surface area contributed by atoms with Gasteiger partial charge in [0.25, 0.3) is 0 Å². The molecule has 0 radical (unpaired) electrons. The second-order valence-corrected chi connectivity index (χ2v) is 7.75. The maximum Gasteiger partial charge on any atom is 0.248 e. The van der Waals surface area contributed by atoms with Crippen molar-refractivity contribution in [2.24, 2.45) is 0 Å². The largest absolute Gasteiger partial charge is 0.342 e. The van der Waals surface area contributed by atoms with Gasteiger partial charge < -0.3 is 15.5 Å². The number of hydrogen-bond acceptors (Lipinski definition) is 4. The number of hydrogen-bond donors (Lipinski definition) is 2. The predicted octanol–water partition coefficient (Wildman–Crippen LogP) is 2.19. The van der Waals surface area contributed by atoms with E-state index in [1.165, 1.54) is 0 Å². The normalized spacial score (nSPS) is 23.0. The Balaban J connectivity index is 0.00000288. The number of nitrogens with one attached hydrogen (secondary N) is 2. The summed E-state index contributed by atoms with van der Waals surface area (Å²) >= 11 is 1.89. The van der Waals surface area contributed by atoms with Gasteiger partial charge in [0, 0.05) is 43.6 Å². The van der Waals surface area contributed by atoms with Crippen molar-refractivity contribution in [1.82, 2.24) is 15.5 Å². The van der Waals surface area contributed by atoms with Crippen molar-refractivity contribution in [1.29, 1.82) is 0 Å². The molecule has 0 bridgehead atoms. The minimum absolute atomic E-state index is 0. The summed E-state index contributed by atoms with van der Waals surface area (Å²) in [5.41, 5.74) is -0.664. The number of carbonyl (C=O) groups excluding carboxylic acids is 2. The summed E-state index contributed by atoms with van der Waals surface area (Å²) in [5, 5.41) is 6.55. The summed E-state index contributed by atoms with van der Waals surface area (Å²) in [6.07, 6.45) is 5.22. The highest BCUT2D eigenvalue weighted by Gasteiger charge is 2.42. The number of rotatable bonds is 6. The first-order chi connectivity index (χ1) is 11.1. The maximum absolute atomic E-state index is 13.0. The Hall–Kier alpha value is -0.460. The number of likely N-dealkylation sites (N-methyl/N-ethyl adjacent to an activating group) is 1. The van der Waals surface area contributed by atoms with Crippen LogP contribution in [0, 0.1) is 0 Å². The molecule has 2 aliphatic rings. The molecule has 1 saturated carbocycles. The molecule has 7 heteroatoms. The minimum atomic E-state index is -0.664. The third-order valence-electron chi connectivity index (χ3n) is 4.98. The van der Waals surface area contributed by atoms with E-state index in [0.717, 1.165) is 50.2 Å². The maximum atomic E-state index is 13.0. The lowest BCUT2D eigenvalue weighted by atomic mass is 9.80. The Bertz CT molecular complexity index is 407. The third-order valence-corrected chi connectivity index (χ3v) is 6.11. The van der Waals surface area contributed by atoms with Gasteiger partial charge in [-0.25, -0.2) is 0 Å². The summed E-state index contributed by atoms with van der Waals surface area (Å²) < 4.78 is 0. The van der Waals surface area contributed by atoms with Gasteiger partial charge in [-0.3, -0.25) is 9.59 Å². The van der Waals surface area contributed by atoms with E-state index < -0.39 is 5.54 Å². The Kier molecular flexibility index (Phi) is 9.45. The molecule has 2 fully saturated rings. The van der Waals surface area contributed by atoms with Crippen LogP contribution >= 0.6 is 24.2 Å². The van der Waals surface area contributed by atoms with Crippen LogP contribution in [0.4, 0.5) is 0 Å². The van der Waals surface area contributed by atoms with Gasteiger partial charge in [0.2, 0.25) is 11.8 Å². The van der Waals surface area contributed by atoms with E-state index in [1.54, 1.807) is 0 Å².